The number of aryl methyl sites for hydroxylation is 2. The number of amides is 2. The minimum absolute atomic E-state index is 0.0362. The van der Waals surface area contributed by atoms with Gasteiger partial charge in [-0.25, -0.2) is 0 Å². The molecule has 2 aliphatic heterocycles. The molecule has 160 valence electrons. The Bertz CT molecular complexity index is 973. The third-order valence-electron chi connectivity index (χ3n) is 6.29. The minimum Gasteiger partial charge on any atom is -0.361 e. The molecule has 2 aliphatic rings. The number of anilines is 1. The number of hydrogen-bond acceptors (Lipinski definition) is 5. The molecule has 4 rings (SSSR count). The van der Waals surface area contributed by atoms with Crippen LogP contribution in [0.4, 0.5) is 5.69 Å². The summed E-state index contributed by atoms with van der Waals surface area (Å²) in [4.78, 5) is 31.6. The summed E-state index contributed by atoms with van der Waals surface area (Å²) in [6.45, 7) is 5.77. The zero-order chi connectivity index (χ0) is 21.6. The fourth-order valence-electron chi connectivity index (χ4n) is 4.73. The topological polar surface area (TPSA) is 69.9 Å². The van der Waals surface area contributed by atoms with Gasteiger partial charge >= 0.3 is 0 Å². The van der Waals surface area contributed by atoms with E-state index < -0.39 is 0 Å². The van der Waals surface area contributed by atoms with E-state index in [1.807, 2.05) is 47.0 Å². The molecule has 1 spiro atoms. The second-order valence-corrected chi connectivity index (χ2v) is 9.09. The van der Waals surface area contributed by atoms with Gasteiger partial charge in [0, 0.05) is 35.8 Å². The number of carbonyl (C=O) groups excluding carboxylic acids is 2. The summed E-state index contributed by atoms with van der Waals surface area (Å²) in [5.74, 6) is 0.594. The van der Waals surface area contributed by atoms with Gasteiger partial charge in [-0.3, -0.25) is 9.59 Å². The number of likely N-dealkylation sites (N-methyl/N-ethyl adjacent to an activating group) is 1. The summed E-state index contributed by atoms with van der Waals surface area (Å²) in [7, 11) is 3.79. The summed E-state index contributed by atoms with van der Waals surface area (Å²) in [6.07, 6.45) is 1.56. The number of piperidine rings is 1. The van der Waals surface area contributed by atoms with E-state index in [1.165, 1.54) is 0 Å². The number of halogens is 1. The van der Waals surface area contributed by atoms with Crippen LogP contribution in [0.2, 0.25) is 5.02 Å². The van der Waals surface area contributed by atoms with Gasteiger partial charge in [0.15, 0.2) is 0 Å². The molecule has 30 heavy (non-hydrogen) atoms. The van der Waals surface area contributed by atoms with Crippen molar-refractivity contribution in [2.75, 3.05) is 45.2 Å². The van der Waals surface area contributed by atoms with Crippen molar-refractivity contribution in [1.29, 1.82) is 0 Å². The molecular formula is C22H27ClN4O3. The summed E-state index contributed by atoms with van der Waals surface area (Å²) in [5, 5.41) is 4.58. The summed E-state index contributed by atoms with van der Waals surface area (Å²) >= 11 is 6.33. The molecule has 1 aromatic heterocycles. The number of rotatable bonds is 3. The van der Waals surface area contributed by atoms with Gasteiger partial charge in [0.2, 0.25) is 5.91 Å². The molecule has 0 N–H and O–H groups in total. The van der Waals surface area contributed by atoms with E-state index in [1.54, 1.807) is 13.8 Å². The van der Waals surface area contributed by atoms with Crippen LogP contribution in [0.15, 0.2) is 22.7 Å². The monoisotopic (exact) mass is 430 g/mol. The van der Waals surface area contributed by atoms with E-state index in [4.69, 9.17) is 16.1 Å². The molecule has 0 radical (unpaired) electrons. The minimum atomic E-state index is -0.183. The zero-order valence-corrected chi connectivity index (χ0v) is 18.6. The Hall–Kier alpha value is -2.38. The first-order valence-corrected chi connectivity index (χ1v) is 10.6. The van der Waals surface area contributed by atoms with E-state index in [-0.39, 0.29) is 17.2 Å². The molecule has 7 nitrogen and oxygen atoms in total. The Morgan fingerprint density at radius 2 is 1.93 bits per heavy atom. The van der Waals surface area contributed by atoms with Crippen LogP contribution < -0.4 is 4.90 Å². The lowest BCUT2D eigenvalue weighted by Crippen LogP contribution is -2.48. The molecule has 1 fully saturated rings. The Labute approximate surface area is 181 Å². The van der Waals surface area contributed by atoms with Crippen LogP contribution in [0, 0.1) is 13.8 Å². The Morgan fingerprint density at radius 1 is 1.23 bits per heavy atom. The summed E-state index contributed by atoms with van der Waals surface area (Å²) in [5.41, 5.74) is 3.06. The third kappa shape index (κ3) is 3.50. The quantitative estimate of drug-likeness (QED) is 0.748. The van der Waals surface area contributed by atoms with Gasteiger partial charge in [-0.15, -0.1) is 0 Å². The van der Waals surface area contributed by atoms with E-state index >= 15 is 0 Å². The molecule has 0 atom stereocenters. The molecule has 2 aromatic rings. The molecule has 0 saturated carbocycles. The third-order valence-corrected chi connectivity index (χ3v) is 6.52. The number of aromatic nitrogens is 1. The van der Waals surface area contributed by atoms with Crippen LogP contribution >= 0.6 is 11.6 Å². The molecule has 3 heterocycles. The Kier molecular flexibility index (Phi) is 5.36. The number of carbonyl (C=O) groups is 2. The first kappa shape index (κ1) is 20.9. The van der Waals surface area contributed by atoms with Gasteiger partial charge in [0.1, 0.15) is 11.3 Å². The van der Waals surface area contributed by atoms with Gasteiger partial charge in [-0.1, -0.05) is 16.8 Å². The SMILES string of the molecule is Cc1noc(C)c1C(=O)N1CCC2(CC1)CN(C(=O)CN(C)C)c1ccc(Cl)cc12. The highest BCUT2D eigenvalue weighted by Crippen LogP contribution is 2.48. The Balaban J connectivity index is 1.58. The van der Waals surface area contributed by atoms with Crippen LogP contribution in [-0.4, -0.2) is 67.0 Å². The summed E-state index contributed by atoms with van der Waals surface area (Å²) < 4.78 is 5.17. The van der Waals surface area contributed by atoms with Crippen molar-refractivity contribution >= 4 is 29.1 Å². The van der Waals surface area contributed by atoms with Crippen molar-refractivity contribution in [3.05, 3.63) is 45.8 Å². The Morgan fingerprint density at radius 3 is 2.53 bits per heavy atom. The highest BCUT2D eigenvalue weighted by Gasteiger charge is 2.47. The van der Waals surface area contributed by atoms with Crippen molar-refractivity contribution < 1.29 is 14.1 Å². The normalized spacial score (nSPS) is 17.7. The van der Waals surface area contributed by atoms with Crippen LogP contribution in [0.3, 0.4) is 0 Å². The van der Waals surface area contributed by atoms with E-state index in [0.717, 1.165) is 24.1 Å². The molecule has 0 unspecified atom stereocenters. The highest BCUT2D eigenvalue weighted by atomic mass is 35.5. The largest absolute Gasteiger partial charge is 0.361 e. The highest BCUT2D eigenvalue weighted by molar-refractivity contribution is 6.30. The number of fused-ring (bicyclic) bond motifs is 2. The van der Waals surface area contributed by atoms with E-state index in [0.29, 0.717) is 48.2 Å². The van der Waals surface area contributed by atoms with Gasteiger partial charge < -0.3 is 19.2 Å². The first-order valence-electron chi connectivity index (χ1n) is 10.2. The summed E-state index contributed by atoms with van der Waals surface area (Å²) in [6, 6.07) is 5.78. The molecule has 8 heteroatoms. The van der Waals surface area contributed by atoms with Crippen molar-refractivity contribution in [3.8, 4) is 0 Å². The number of benzene rings is 1. The molecule has 1 aromatic carbocycles. The lowest BCUT2D eigenvalue weighted by molar-refractivity contribution is -0.119. The zero-order valence-electron chi connectivity index (χ0n) is 17.9. The molecule has 0 bridgehead atoms. The second-order valence-electron chi connectivity index (χ2n) is 8.65. The van der Waals surface area contributed by atoms with E-state index in [9.17, 15) is 9.59 Å². The molecule has 2 amide bonds. The predicted molar refractivity (Wildman–Crippen MR) is 115 cm³/mol. The van der Waals surface area contributed by atoms with Gasteiger partial charge in [-0.05, 0) is 64.5 Å². The lowest BCUT2D eigenvalue weighted by atomic mass is 9.74. The van der Waals surface area contributed by atoms with Gasteiger partial charge in [0.05, 0.1) is 12.2 Å². The maximum Gasteiger partial charge on any atom is 0.259 e. The lowest BCUT2D eigenvalue weighted by Gasteiger charge is -2.40. The number of likely N-dealkylation sites (tertiary alicyclic amines) is 1. The van der Waals surface area contributed by atoms with E-state index in [2.05, 4.69) is 5.16 Å². The first-order chi connectivity index (χ1) is 14.2. The fourth-order valence-corrected chi connectivity index (χ4v) is 4.90. The van der Waals surface area contributed by atoms with Crippen LogP contribution in [-0.2, 0) is 10.2 Å². The van der Waals surface area contributed by atoms with Crippen molar-refractivity contribution in [1.82, 2.24) is 15.0 Å². The van der Waals surface area contributed by atoms with Crippen LogP contribution in [0.5, 0.6) is 0 Å². The maximum absolute atomic E-state index is 13.0. The average molecular weight is 431 g/mol. The average Bonchev–Trinajstić information content (AvgIpc) is 3.19. The molecule has 1 saturated heterocycles. The maximum atomic E-state index is 13.0. The second kappa shape index (κ2) is 7.71. The van der Waals surface area contributed by atoms with Crippen molar-refractivity contribution in [2.45, 2.75) is 32.1 Å². The number of nitrogens with zero attached hydrogens (tertiary/aromatic N) is 4. The standard InChI is InChI=1S/C22H27ClN4O3/c1-14-20(15(2)30-24-14)21(29)26-9-7-22(8-10-26)13-27(19(28)12-25(3)4)18-6-5-16(23)11-17(18)22/h5-6,11H,7-10,12-13H2,1-4H3. The van der Waals surface area contributed by atoms with Gasteiger partial charge in [0.25, 0.3) is 5.91 Å². The van der Waals surface area contributed by atoms with Gasteiger partial charge in [-0.2, -0.15) is 0 Å². The predicted octanol–water partition coefficient (Wildman–Crippen LogP) is 3.03. The van der Waals surface area contributed by atoms with Crippen LogP contribution in [0.25, 0.3) is 0 Å². The number of hydrogen-bond donors (Lipinski definition) is 0. The molecular weight excluding hydrogens is 404 g/mol. The van der Waals surface area contributed by atoms with Crippen molar-refractivity contribution in [2.24, 2.45) is 0 Å². The van der Waals surface area contributed by atoms with Crippen molar-refractivity contribution in [3.63, 3.8) is 0 Å². The van der Waals surface area contributed by atoms with Crippen LogP contribution in [0.1, 0.15) is 40.2 Å². The smallest absolute Gasteiger partial charge is 0.259 e. The fraction of sp³-hybridized carbons (Fsp3) is 0.500. The molecule has 0 aliphatic carbocycles.